The number of aromatic amines is 1. The van der Waals surface area contributed by atoms with Gasteiger partial charge in [-0.05, 0) is 72.4 Å². The Morgan fingerprint density at radius 2 is 2.13 bits per heavy atom. The van der Waals surface area contributed by atoms with Gasteiger partial charge in [-0.1, -0.05) is 29.8 Å². The van der Waals surface area contributed by atoms with Gasteiger partial charge in [-0.3, -0.25) is 4.79 Å². The Hall–Kier alpha value is -3.19. The van der Waals surface area contributed by atoms with Crippen molar-refractivity contribution >= 4 is 28.4 Å². The number of carbonyl (C=O) groups excluding carboxylic acids is 1. The Morgan fingerprint density at radius 3 is 2.93 bits per heavy atom. The quantitative estimate of drug-likeness (QED) is 0.519. The maximum Gasteiger partial charge on any atom is 0.254 e. The summed E-state index contributed by atoms with van der Waals surface area (Å²) < 4.78 is 1.55. The summed E-state index contributed by atoms with van der Waals surface area (Å²) in [6.45, 7) is 3.98. The summed E-state index contributed by atoms with van der Waals surface area (Å²) in [5, 5.41) is 16.5. The van der Waals surface area contributed by atoms with Gasteiger partial charge in [-0.25, -0.2) is 0 Å². The fourth-order valence-electron chi connectivity index (χ4n) is 4.38. The van der Waals surface area contributed by atoms with E-state index in [4.69, 9.17) is 11.6 Å². The van der Waals surface area contributed by atoms with E-state index in [1.807, 2.05) is 38.1 Å². The minimum absolute atomic E-state index is 0.104. The minimum Gasteiger partial charge on any atom is -0.355 e. The van der Waals surface area contributed by atoms with Crippen molar-refractivity contribution in [3.63, 3.8) is 0 Å². The molecule has 4 aromatic rings. The third kappa shape index (κ3) is 2.97. The van der Waals surface area contributed by atoms with Gasteiger partial charge in [0.2, 0.25) is 0 Å². The molecule has 2 aromatic heterocycles. The van der Waals surface area contributed by atoms with Gasteiger partial charge in [0.1, 0.15) is 6.33 Å². The van der Waals surface area contributed by atoms with Crippen molar-refractivity contribution in [2.24, 2.45) is 0 Å². The topological polar surface area (TPSA) is 88.5 Å². The second kappa shape index (κ2) is 7.25. The highest BCUT2D eigenvalue weighted by molar-refractivity contribution is 6.35. The van der Waals surface area contributed by atoms with Gasteiger partial charge in [0.05, 0.1) is 27.8 Å². The fourth-order valence-corrected chi connectivity index (χ4v) is 4.60. The van der Waals surface area contributed by atoms with E-state index in [9.17, 15) is 4.79 Å². The average molecular weight is 421 g/mol. The third-order valence-electron chi connectivity index (χ3n) is 6.02. The number of nitrogens with zero attached hydrogens (tertiary/aromatic N) is 4. The molecule has 1 aliphatic rings. The Kier molecular flexibility index (Phi) is 4.55. The average Bonchev–Trinajstić information content (AvgIpc) is 3.39. The molecule has 7 nitrogen and oxygen atoms in total. The molecule has 5 rings (SSSR count). The lowest BCUT2D eigenvalue weighted by Crippen LogP contribution is -2.32. The molecule has 2 aromatic carbocycles. The van der Waals surface area contributed by atoms with E-state index in [-0.39, 0.29) is 11.9 Å². The van der Waals surface area contributed by atoms with Gasteiger partial charge < -0.3 is 10.3 Å². The maximum atomic E-state index is 13.4. The first-order valence-electron chi connectivity index (χ1n) is 9.98. The van der Waals surface area contributed by atoms with E-state index in [1.54, 1.807) is 4.68 Å². The summed E-state index contributed by atoms with van der Waals surface area (Å²) in [6.07, 6.45) is 4.36. The van der Waals surface area contributed by atoms with Crippen LogP contribution in [0, 0.1) is 13.8 Å². The van der Waals surface area contributed by atoms with Crippen LogP contribution in [-0.4, -0.2) is 31.1 Å². The van der Waals surface area contributed by atoms with E-state index in [1.165, 1.54) is 11.9 Å². The Balaban J connectivity index is 1.53. The number of fused-ring (bicyclic) bond motifs is 3. The summed E-state index contributed by atoms with van der Waals surface area (Å²) >= 11 is 6.40. The molecule has 0 spiro atoms. The number of aromatic nitrogens is 5. The molecular weight excluding hydrogens is 400 g/mol. The van der Waals surface area contributed by atoms with Crippen LogP contribution in [-0.2, 0) is 6.42 Å². The van der Waals surface area contributed by atoms with E-state index in [0.29, 0.717) is 16.3 Å². The summed E-state index contributed by atoms with van der Waals surface area (Å²) in [4.78, 5) is 16.8. The number of halogens is 1. The van der Waals surface area contributed by atoms with Gasteiger partial charge in [-0.2, -0.15) is 4.68 Å². The van der Waals surface area contributed by atoms with Crippen molar-refractivity contribution in [3.05, 3.63) is 69.6 Å². The molecule has 2 heterocycles. The number of hydrogen-bond acceptors (Lipinski definition) is 4. The molecule has 0 saturated carbocycles. The number of benzene rings is 2. The van der Waals surface area contributed by atoms with Crippen molar-refractivity contribution in [1.82, 2.24) is 30.5 Å². The third-order valence-corrected chi connectivity index (χ3v) is 6.34. The van der Waals surface area contributed by atoms with Crippen molar-refractivity contribution in [1.29, 1.82) is 0 Å². The molecule has 2 N–H and O–H groups in total. The van der Waals surface area contributed by atoms with Gasteiger partial charge in [0.15, 0.2) is 0 Å². The number of carbonyl (C=O) groups is 1. The smallest absolute Gasteiger partial charge is 0.254 e. The lowest BCUT2D eigenvalue weighted by atomic mass is 9.91. The molecule has 0 radical (unpaired) electrons. The first kappa shape index (κ1) is 18.8. The van der Waals surface area contributed by atoms with Crippen LogP contribution in [0.2, 0.25) is 5.02 Å². The van der Waals surface area contributed by atoms with Crippen molar-refractivity contribution in [2.75, 3.05) is 0 Å². The van der Waals surface area contributed by atoms with Crippen molar-refractivity contribution in [2.45, 2.75) is 39.2 Å². The van der Waals surface area contributed by atoms with Crippen LogP contribution in [0.1, 0.15) is 51.6 Å². The van der Waals surface area contributed by atoms with Gasteiger partial charge >= 0.3 is 0 Å². The second-order valence-corrected chi connectivity index (χ2v) is 8.16. The fraction of sp³-hybridized carbons (Fsp3) is 0.273. The first-order chi connectivity index (χ1) is 14.5. The molecule has 30 heavy (non-hydrogen) atoms. The van der Waals surface area contributed by atoms with Gasteiger partial charge in [0, 0.05) is 11.1 Å². The van der Waals surface area contributed by atoms with Gasteiger partial charge in [0.25, 0.3) is 5.91 Å². The summed E-state index contributed by atoms with van der Waals surface area (Å²) in [5.41, 5.74) is 6.51. The number of nitrogens with one attached hydrogen (secondary N) is 2. The number of hydrogen-bond donors (Lipinski definition) is 2. The molecule has 0 fully saturated rings. The SMILES string of the molecule is Cc1ccc(C(=O)N[C@H]2CCCc3c2[nH]c2c(Cl)cccc32)c(-n2cnnn2)c1C. The lowest BCUT2D eigenvalue weighted by molar-refractivity contribution is 0.0931. The normalized spacial score (nSPS) is 15.9. The highest BCUT2D eigenvalue weighted by atomic mass is 35.5. The van der Waals surface area contributed by atoms with Crippen LogP contribution in [0.4, 0.5) is 0 Å². The summed E-state index contributed by atoms with van der Waals surface area (Å²) in [7, 11) is 0. The number of aryl methyl sites for hydroxylation is 2. The van der Waals surface area contributed by atoms with Crippen LogP contribution >= 0.6 is 11.6 Å². The molecule has 1 atom stereocenters. The van der Waals surface area contributed by atoms with E-state index in [2.05, 4.69) is 31.9 Å². The number of amides is 1. The van der Waals surface area contributed by atoms with E-state index in [0.717, 1.165) is 47.0 Å². The first-order valence-corrected chi connectivity index (χ1v) is 10.4. The van der Waals surface area contributed by atoms with Crippen molar-refractivity contribution in [3.8, 4) is 5.69 Å². The molecule has 152 valence electrons. The molecule has 0 unspecified atom stereocenters. The standard InChI is InChI=1S/C22H21ClN6O/c1-12-9-10-16(21(13(12)2)29-11-24-27-28-29)22(30)25-18-8-4-6-15-14-5-3-7-17(23)19(14)26-20(15)18/h3,5,7,9-11,18,26H,4,6,8H2,1-2H3,(H,25,30)/t18-/m0/s1. The predicted molar refractivity (Wildman–Crippen MR) is 115 cm³/mol. The monoisotopic (exact) mass is 420 g/mol. The Bertz CT molecular complexity index is 1260. The minimum atomic E-state index is -0.147. The second-order valence-electron chi connectivity index (χ2n) is 7.76. The molecule has 0 saturated heterocycles. The van der Waals surface area contributed by atoms with Crippen LogP contribution in [0.25, 0.3) is 16.6 Å². The van der Waals surface area contributed by atoms with E-state index < -0.39 is 0 Å². The van der Waals surface area contributed by atoms with Crippen LogP contribution in [0.3, 0.4) is 0 Å². The molecule has 0 aliphatic heterocycles. The zero-order valence-electron chi connectivity index (χ0n) is 16.7. The molecule has 8 heteroatoms. The van der Waals surface area contributed by atoms with Crippen LogP contribution < -0.4 is 5.32 Å². The summed E-state index contributed by atoms with van der Waals surface area (Å²) in [5.74, 6) is -0.147. The Labute approximate surface area is 178 Å². The Morgan fingerprint density at radius 1 is 1.27 bits per heavy atom. The highest BCUT2D eigenvalue weighted by Crippen LogP contribution is 2.37. The number of tetrazole rings is 1. The molecule has 1 amide bonds. The van der Waals surface area contributed by atoms with Crippen LogP contribution in [0.15, 0.2) is 36.7 Å². The maximum absolute atomic E-state index is 13.4. The predicted octanol–water partition coefficient (Wildman–Crippen LogP) is 4.22. The summed E-state index contributed by atoms with van der Waals surface area (Å²) in [6, 6.07) is 9.61. The molecular formula is C22H21ClN6O. The zero-order chi connectivity index (χ0) is 20.8. The number of rotatable bonds is 3. The largest absolute Gasteiger partial charge is 0.355 e. The number of para-hydroxylation sites is 1. The zero-order valence-corrected chi connectivity index (χ0v) is 17.5. The van der Waals surface area contributed by atoms with Crippen molar-refractivity contribution < 1.29 is 4.79 Å². The molecule has 0 bridgehead atoms. The van der Waals surface area contributed by atoms with Crippen LogP contribution in [0.5, 0.6) is 0 Å². The lowest BCUT2D eigenvalue weighted by Gasteiger charge is -2.24. The molecule has 1 aliphatic carbocycles. The highest BCUT2D eigenvalue weighted by Gasteiger charge is 2.27. The van der Waals surface area contributed by atoms with Gasteiger partial charge in [-0.15, -0.1) is 5.10 Å². The van der Waals surface area contributed by atoms with E-state index >= 15 is 0 Å². The number of H-pyrrole nitrogens is 1.